The highest BCUT2D eigenvalue weighted by atomic mass is 16.6. The van der Waals surface area contributed by atoms with Gasteiger partial charge in [-0.15, -0.1) is 0 Å². The molecule has 1 unspecified atom stereocenters. The van der Waals surface area contributed by atoms with Gasteiger partial charge in [0.2, 0.25) is 41.4 Å². The van der Waals surface area contributed by atoms with Crippen LogP contribution in [0, 0.1) is 29.6 Å². The molecule has 81 heavy (non-hydrogen) atoms. The molecule has 0 spiro atoms. The third kappa shape index (κ3) is 17.7. The van der Waals surface area contributed by atoms with Gasteiger partial charge in [0.05, 0.1) is 37.6 Å². The first kappa shape index (κ1) is 67.3. The number of rotatable bonds is 17. The van der Waals surface area contributed by atoms with Crippen molar-refractivity contribution < 1.29 is 67.3 Å². The molecule has 0 aromatic heterocycles. The molecule has 3 fully saturated rings. The molecule has 13 atom stereocenters. The lowest BCUT2D eigenvalue weighted by Crippen LogP contribution is -2.62. The van der Waals surface area contributed by atoms with E-state index in [0.717, 1.165) is 0 Å². The number of hydrogen-bond donors (Lipinski definition) is 5. The molecule has 0 aliphatic carbocycles. The molecule has 3 heterocycles. The molecule has 22 nitrogen and oxygen atoms in total. The molecular formula is C59H94N8O14. The van der Waals surface area contributed by atoms with Gasteiger partial charge in [-0.1, -0.05) is 87.3 Å². The first-order valence-electron chi connectivity index (χ1n) is 29.1. The number of carbonyl (C=O) groups excluding carboxylic acids is 10. The third-order valence-corrected chi connectivity index (χ3v) is 16.0. The summed E-state index contributed by atoms with van der Waals surface area (Å²) in [7, 11) is 4.35. The van der Waals surface area contributed by atoms with E-state index >= 15 is 9.59 Å². The average molecular weight is 1140 g/mol. The molecule has 7 amide bonds. The van der Waals surface area contributed by atoms with Crippen molar-refractivity contribution >= 4 is 59.1 Å². The molecule has 3 saturated heterocycles. The Bertz CT molecular complexity index is 2370. The minimum atomic E-state index is -1.75. The second-order valence-corrected chi connectivity index (χ2v) is 23.7. The molecule has 0 bridgehead atoms. The highest BCUT2D eigenvalue weighted by Gasteiger charge is 2.46. The standard InChI is InChI=1S/C59H94N8O14/c1-15-19-40(60)55(74)66-26-17-20-42(66)57(76)64(12)44(29-33(5)6)53(72)63-49-37(11)80-59(78)45(30-38-22-24-39(79-14)25-23-38)65(13)58(77)43-21-18-27-67(43)56(75)41(28-32(3)4)61-52(71)36(10)50(70)51(34(7)8)81-47(69)31-46(68)48(35(9)16-2)62-54(49)73/h22-25,32-37,40-46,48-49,51,68H,15-21,26-31,60H2,1-14H3,(H,61,71)(H,62,73)(H,63,72)/t35-,36-,37+,40?,41-,42-,43-,44+,45-,46-,48+,49-,51-/m0/s1. The van der Waals surface area contributed by atoms with E-state index in [1.807, 2.05) is 34.6 Å². The van der Waals surface area contributed by atoms with Gasteiger partial charge in [0.25, 0.3) is 0 Å². The van der Waals surface area contributed by atoms with E-state index in [0.29, 0.717) is 56.4 Å². The summed E-state index contributed by atoms with van der Waals surface area (Å²) < 4.78 is 17.3. The first-order valence-corrected chi connectivity index (χ1v) is 29.1. The number of likely N-dealkylation sites (tertiary alicyclic amines) is 1. The van der Waals surface area contributed by atoms with Gasteiger partial charge in [0.1, 0.15) is 48.1 Å². The molecule has 1 aromatic carbocycles. The Hall–Kier alpha value is -6.16. The van der Waals surface area contributed by atoms with Crippen molar-refractivity contribution in [1.82, 2.24) is 35.6 Å². The van der Waals surface area contributed by atoms with Crippen LogP contribution in [-0.4, -0.2) is 185 Å². The topological polar surface area (TPSA) is 294 Å². The van der Waals surface area contributed by atoms with Crippen molar-refractivity contribution in [3.05, 3.63) is 29.8 Å². The summed E-state index contributed by atoms with van der Waals surface area (Å²) in [5.41, 5.74) is 6.82. The number of likely N-dealkylation sites (N-methyl/N-ethyl adjacent to an activating group) is 2. The van der Waals surface area contributed by atoms with Gasteiger partial charge in [-0.2, -0.15) is 0 Å². The van der Waals surface area contributed by atoms with Gasteiger partial charge in [-0.25, -0.2) is 4.79 Å². The molecule has 4 rings (SSSR count). The number of hydrogen-bond acceptors (Lipinski definition) is 15. The summed E-state index contributed by atoms with van der Waals surface area (Å²) >= 11 is 0. The summed E-state index contributed by atoms with van der Waals surface area (Å²) in [6.45, 7) is 19.2. The van der Waals surface area contributed by atoms with Crippen LogP contribution in [0.5, 0.6) is 5.75 Å². The van der Waals surface area contributed by atoms with E-state index in [1.54, 1.807) is 52.0 Å². The fourth-order valence-electron chi connectivity index (χ4n) is 10.9. The fraction of sp³-hybridized carbons (Fsp3) is 0.729. The largest absolute Gasteiger partial charge is 0.497 e. The highest BCUT2D eigenvalue weighted by Crippen LogP contribution is 2.27. The first-order chi connectivity index (χ1) is 38.1. The van der Waals surface area contributed by atoms with Crippen LogP contribution in [0.15, 0.2) is 24.3 Å². The van der Waals surface area contributed by atoms with Crippen molar-refractivity contribution in [2.75, 3.05) is 34.3 Å². The van der Waals surface area contributed by atoms with E-state index in [4.69, 9.17) is 19.9 Å². The van der Waals surface area contributed by atoms with E-state index in [-0.39, 0.29) is 50.0 Å². The van der Waals surface area contributed by atoms with E-state index in [2.05, 4.69) is 16.0 Å². The fourth-order valence-corrected chi connectivity index (χ4v) is 10.9. The molecule has 3 aliphatic heterocycles. The van der Waals surface area contributed by atoms with Gasteiger partial charge in [-0.05, 0) is 100 Å². The number of aliphatic hydroxyl groups is 1. The number of nitrogens with two attached hydrogens (primary N) is 1. The number of cyclic esters (lactones) is 2. The molecule has 6 N–H and O–H groups in total. The van der Waals surface area contributed by atoms with E-state index in [1.165, 1.54) is 54.7 Å². The van der Waals surface area contributed by atoms with Gasteiger partial charge < -0.3 is 60.6 Å². The number of esters is 2. The molecule has 0 saturated carbocycles. The summed E-state index contributed by atoms with van der Waals surface area (Å²) in [4.78, 5) is 150. The summed E-state index contributed by atoms with van der Waals surface area (Å²) in [5, 5.41) is 20.2. The normalized spacial score (nSPS) is 27.3. The maximum Gasteiger partial charge on any atom is 0.329 e. The van der Waals surface area contributed by atoms with Crippen molar-refractivity contribution in [1.29, 1.82) is 0 Å². The molecule has 3 aliphatic rings. The lowest BCUT2D eigenvalue weighted by molar-refractivity contribution is -0.163. The Kier molecular flexibility index (Phi) is 25.6. The van der Waals surface area contributed by atoms with E-state index < -0.39 is 144 Å². The molecular weight excluding hydrogens is 1040 g/mol. The van der Waals surface area contributed by atoms with Crippen LogP contribution in [0.4, 0.5) is 0 Å². The molecule has 22 heteroatoms. The number of ether oxygens (including phenoxy) is 3. The number of Topliss-reactive ketones (excluding diaryl/α,β-unsaturated/α-hetero) is 1. The van der Waals surface area contributed by atoms with Crippen LogP contribution in [0.1, 0.15) is 146 Å². The predicted octanol–water partition coefficient (Wildman–Crippen LogP) is 3.06. The lowest BCUT2D eigenvalue weighted by atomic mass is 9.91. The Morgan fingerprint density at radius 3 is 2.10 bits per heavy atom. The molecule has 454 valence electrons. The van der Waals surface area contributed by atoms with Crippen LogP contribution in [0.3, 0.4) is 0 Å². The molecule has 0 radical (unpaired) electrons. The van der Waals surface area contributed by atoms with Crippen molar-refractivity contribution in [3.63, 3.8) is 0 Å². The van der Waals surface area contributed by atoms with Crippen LogP contribution in [0.25, 0.3) is 0 Å². The summed E-state index contributed by atoms with van der Waals surface area (Å²) in [5.74, 6) is -9.79. The van der Waals surface area contributed by atoms with Gasteiger partial charge >= 0.3 is 11.9 Å². The monoisotopic (exact) mass is 1140 g/mol. The third-order valence-electron chi connectivity index (χ3n) is 16.0. The number of methoxy groups -OCH3 is 1. The maximum atomic E-state index is 15.1. The minimum Gasteiger partial charge on any atom is -0.497 e. The number of amides is 7. The van der Waals surface area contributed by atoms with Crippen LogP contribution in [0.2, 0.25) is 0 Å². The number of benzene rings is 1. The average Bonchev–Trinajstić information content (AvgIpc) is 4.23. The smallest absolute Gasteiger partial charge is 0.329 e. The second kappa shape index (κ2) is 30.8. The predicted molar refractivity (Wildman–Crippen MR) is 301 cm³/mol. The zero-order chi connectivity index (χ0) is 60.7. The number of aliphatic hydroxyl groups excluding tert-OH is 1. The van der Waals surface area contributed by atoms with Gasteiger partial charge in [-0.3, -0.25) is 43.2 Å². The van der Waals surface area contributed by atoms with Crippen molar-refractivity contribution in [2.24, 2.45) is 35.3 Å². The Labute approximate surface area is 479 Å². The maximum absolute atomic E-state index is 15.1. The number of nitrogens with one attached hydrogen (secondary N) is 3. The van der Waals surface area contributed by atoms with Crippen LogP contribution >= 0.6 is 0 Å². The Morgan fingerprint density at radius 1 is 0.877 bits per heavy atom. The Balaban J connectivity index is 1.88. The lowest BCUT2D eigenvalue weighted by Gasteiger charge is -2.36. The number of nitrogens with zero attached hydrogens (tertiary/aromatic N) is 4. The number of carbonyl (C=O) groups is 10. The second-order valence-electron chi connectivity index (χ2n) is 23.7. The number of ketones is 1. The van der Waals surface area contributed by atoms with Gasteiger partial charge in [0.15, 0.2) is 11.9 Å². The SMILES string of the molecule is CCCC(N)C(=O)N1CCC[C@H]1C(=O)N(C)[C@H](CC(C)C)C(=O)N[C@@H]1C(=O)N[C@H]([C@@H](C)CC)[C@@H](O)CC(=O)O[C@@H](C(C)C)C(=O)[C@H](C)C(=O)N[C@@H](CC(C)C)C(=O)N2CCC[C@H]2C(=O)N(C)[C@@H](Cc2ccc(OC)cc2)C(=O)O[C@@H]1C. The van der Waals surface area contributed by atoms with Crippen molar-refractivity contribution in [2.45, 2.75) is 213 Å². The quantitative estimate of drug-likeness (QED) is 0.111. The Morgan fingerprint density at radius 2 is 1.52 bits per heavy atom. The zero-order valence-corrected chi connectivity index (χ0v) is 50.4. The zero-order valence-electron chi connectivity index (χ0n) is 50.4. The molecule has 1 aromatic rings. The van der Waals surface area contributed by atoms with Gasteiger partial charge in [0, 0.05) is 33.6 Å². The number of fused-ring (bicyclic) bond motifs is 1. The van der Waals surface area contributed by atoms with Crippen molar-refractivity contribution in [3.8, 4) is 5.75 Å². The van der Waals surface area contributed by atoms with Crippen LogP contribution in [-0.2, 0) is 63.8 Å². The minimum absolute atomic E-state index is 0.0987. The summed E-state index contributed by atoms with van der Waals surface area (Å²) in [6, 6.07) is -2.81. The van der Waals surface area contributed by atoms with E-state index in [9.17, 15) is 43.5 Å². The summed E-state index contributed by atoms with van der Waals surface area (Å²) in [6.07, 6.45) is -2.32. The van der Waals surface area contributed by atoms with Crippen LogP contribution < -0.4 is 26.4 Å². The highest BCUT2D eigenvalue weighted by molar-refractivity contribution is 6.05.